The first-order valence-electron chi connectivity index (χ1n) is 8.03. The van der Waals surface area contributed by atoms with Crippen molar-refractivity contribution in [1.82, 2.24) is 14.8 Å². The average Bonchev–Trinajstić information content (AvgIpc) is 3.12. The van der Waals surface area contributed by atoms with E-state index >= 15 is 0 Å². The number of anilines is 1. The minimum Gasteiger partial charge on any atom is -0.462 e. The molecule has 1 aliphatic heterocycles. The topological polar surface area (TPSA) is 84.0 Å². The van der Waals surface area contributed by atoms with Crippen LogP contribution in [0.25, 0.3) is 0 Å². The van der Waals surface area contributed by atoms with Crippen LogP contribution in [0.5, 0.6) is 0 Å². The van der Waals surface area contributed by atoms with Gasteiger partial charge < -0.3 is 9.64 Å². The molecule has 2 aromatic rings. The summed E-state index contributed by atoms with van der Waals surface area (Å²) in [6.45, 7) is 3.87. The van der Waals surface area contributed by atoms with Crippen LogP contribution in [-0.2, 0) is 4.74 Å². The first-order chi connectivity index (χ1) is 11.7. The van der Waals surface area contributed by atoms with Crippen LogP contribution in [0, 0.1) is 11.3 Å². The van der Waals surface area contributed by atoms with Crippen LogP contribution in [0.4, 0.5) is 5.69 Å². The van der Waals surface area contributed by atoms with Crippen LogP contribution in [0.2, 0.25) is 0 Å². The van der Waals surface area contributed by atoms with Gasteiger partial charge in [-0.2, -0.15) is 10.4 Å². The standard InChI is InChI=1S/C17H19N5O2/c1-2-24-17(23)13-9-20-22(11-13)16-4-3-7-21(12-16)15-6-5-14(8-18)19-10-15/h5-6,9-11,16H,2-4,7,12H2,1H3. The normalized spacial score (nSPS) is 17.3. The Labute approximate surface area is 140 Å². The second-order valence-electron chi connectivity index (χ2n) is 5.69. The molecule has 2 aromatic heterocycles. The summed E-state index contributed by atoms with van der Waals surface area (Å²) in [6, 6.07) is 5.87. The Morgan fingerprint density at radius 3 is 3.04 bits per heavy atom. The first-order valence-corrected chi connectivity index (χ1v) is 8.03. The van der Waals surface area contributed by atoms with E-state index in [0.29, 0.717) is 17.9 Å². The third-order valence-electron chi connectivity index (χ3n) is 4.11. The van der Waals surface area contributed by atoms with E-state index in [2.05, 4.69) is 15.0 Å². The maximum atomic E-state index is 11.8. The Hall–Kier alpha value is -2.88. The number of esters is 1. The van der Waals surface area contributed by atoms with Crippen molar-refractivity contribution in [3.63, 3.8) is 0 Å². The van der Waals surface area contributed by atoms with Gasteiger partial charge in [0, 0.05) is 19.3 Å². The van der Waals surface area contributed by atoms with Crippen LogP contribution in [0.1, 0.15) is 41.9 Å². The highest BCUT2D eigenvalue weighted by Gasteiger charge is 2.23. The Bertz CT molecular complexity index is 747. The van der Waals surface area contributed by atoms with Crippen LogP contribution in [-0.4, -0.2) is 40.4 Å². The van der Waals surface area contributed by atoms with Gasteiger partial charge in [0.2, 0.25) is 0 Å². The molecule has 1 aliphatic rings. The highest BCUT2D eigenvalue weighted by molar-refractivity contribution is 5.88. The zero-order valence-electron chi connectivity index (χ0n) is 13.6. The fourth-order valence-corrected chi connectivity index (χ4v) is 2.90. The van der Waals surface area contributed by atoms with E-state index in [4.69, 9.17) is 10.00 Å². The summed E-state index contributed by atoms with van der Waals surface area (Å²) in [5.74, 6) is -0.340. The smallest absolute Gasteiger partial charge is 0.341 e. The maximum absolute atomic E-state index is 11.8. The molecule has 7 nitrogen and oxygen atoms in total. The van der Waals surface area contributed by atoms with Gasteiger partial charge in [0.1, 0.15) is 11.8 Å². The summed E-state index contributed by atoms with van der Waals surface area (Å²) >= 11 is 0. The van der Waals surface area contributed by atoms with Crippen LogP contribution >= 0.6 is 0 Å². The number of nitriles is 1. The average molecular weight is 325 g/mol. The third kappa shape index (κ3) is 3.38. The van der Waals surface area contributed by atoms with Gasteiger partial charge in [-0.15, -0.1) is 0 Å². The van der Waals surface area contributed by atoms with Crippen molar-refractivity contribution in [2.24, 2.45) is 0 Å². The molecule has 3 heterocycles. The Morgan fingerprint density at radius 2 is 2.33 bits per heavy atom. The minimum atomic E-state index is -0.340. The first kappa shape index (κ1) is 16.0. The van der Waals surface area contributed by atoms with Gasteiger partial charge in [0.25, 0.3) is 0 Å². The van der Waals surface area contributed by atoms with Gasteiger partial charge in [-0.1, -0.05) is 0 Å². The molecule has 0 saturated carbocycles. The van der Waals surface area contributed by atoms with Crippen molar-refractivity contribution >= 4 is 11.7 Å². The van der Waals surface area contributed by atoms with Gasteiger partial charge in [-0.3, -0.25) is 4.68 Å². The summed E-state index contributed by atoms with van der Waals surface area (Å²) < 4.78 is 6.85. The van der Waals surface area contributed by atoms with E-state index in [0.717, 1.165) is 31.6 Å². The largest absolute Gasteiger partial charge is 0.462 e. The number of aromatic nitrogens is 3. The van der Waals surface area contributed by atoms with Crippen LogP contribution in [0.3, 0.4) is 0 Å². The molecule has 0 aliphatic carbocycles. The predicted octanol–water partition coefficient (Wildman–Crippen LogP) is 2.17. The molecule has 1 unspecified atom stereocenters. The number of nitrogens with zero attached hydrogens (tertiary/aromatic N) is 5. The van der Waals surface area contributed by atoms with E-state index in [1.165, 1.54) is 0 Å². The van der Waals surface area contributed by atoms with E-state index in [9.17, 15) is 4.79 Å². The molecule has 7 heteroatoms. The lowest BCUT2D eigenvalue weighted by atomic mass is 10.1. The molecule has 0 spiro atoms. The molecule has 0 amide bonds. The fourth-order valence-electron chi connectivity index (χ4n) is 2.90. The van der Waals surface area contributed by atoms with E-state index in [1.807, 2.05) is 16.8 Å². The highest BCUT2D eigenvalue weighted by Crippen LogP contribution is 2.25. The predicted molar refractivity (Wildman–Crippen MR) is 87.6 cm³/mol. The molecule has 1 fully saturated rings. The second-order valence-corrected chi connectivity index (χ2v) is 5.69. The fraction of sp³-hybridized carbons (Fsp3) is 0.412. The van der Waals surface area contributed by atoms with E-state index in [-0.39, 0.29) is 12.0 Å². The Balaban J connectivity index is 1.71. The number of hydrogen-bond acceptors (Lipinski definition) is 6. The number of carbonyl (C=O) groups excluding carboxylic acids is 1. The van der Waals surface area contributed by atoms with Gasteiger partial charge in [-0.05, 0) is 31.9 Å². The molecule has 3 rings (SSSR count). The van der Waals surface area contributed by atoms with Gasteiger partial charge >= 0.3 is 5.97 Å². The van der Waals surface area contributed by atoms with Crippen molar-refractivity contribution < 1.29 is 9.53 Å². The second kappa shape index (κ2) is 7.13. The zero-order valence-corrected chi connectivity index (χ0v) is 13.6. The molecular formula is C17H19N5O2. The number of carbonyl (C=O) groups is 1. The monoisotopic (exact) mass is 325 g/mol. The molecule has 0 bridgehead atoms. The Kier molecular flexibility index (Phi) is 4.75. The minimum absolute atomic E-state index is 0.192. The lowest BCUT2D eigenvalue weighted by molar-refractivity contribution is 0.0526. The molecule has 0 aromatic carbocycles. The van der Waals surface area contributed by atoms with E-state index in [1.54, 1.807) is 31.6 Å². The van der Waals surface area contributed by atoms with Crippen LogP contribution < -0.4 is 4.90 Å². The van der Waals surface area contributed by atoms with E-state index < -0.39 is 0 Å². The lowest BCUT2D eigenvalue weighted by Crippen LogP contribution is -2.36. The zero-order chi connectivity index (χ0) is 16.9. The lowest BCUT2D eigenvalue weighted by Gasteiger charge is -2.34. The molecule has 0 N–H and O–H groups in total. The van der Waals surface area contributed by atoms with Gasteiger partial charge in [0.15, 0.2) is 0 Å². The summed E-state index contributed by atoms with van der Waals surface area (Å²) in [6.07, 6.45) is 7.07. The van der Waals surface area contributed by atoms with Crippen molar-refractivity contribution in [3.8, 4) is 6.07 Å². The third-order valence-corrected chi connectivity index (χ3v) is 4.11. The summed E-state index contributed by atoms with van der Waals surface area (Å²) in [4.78, 5) is 18.1. The number of ether oxygens (including phenoxy) is 1. The maximum Gasteiger partial charge on any atom is 0.341 e. The molecule has 1 atom stereocenters. The summed E-state index contributed by atoms with van der Waals surface area (Å²) in [5, 5.41) is 13.2. The quantitative estimate of drug-likeness (QED) is 0.801. The number of hydrogen-bond donors (Lipinski definition) is 0. The van der Waals surface area contributed by atoms with Crippen molar-refractivity contribution in [1.29, 1.82) is 5.26 Å². The number of pyridine rings is 1. The van der Waals surface area contributed by atoms with Gasteiger partial charge in [0.05, 0.1) is 36.3 Å². The molecule has 24 heavy (non-hydrogen) atoms. The molecule has 124 valence electrons. The molecule has 1 saturated heterocycles. The summed E-state index contributed by atoms with van der Waals surface area (Å²) in [5.41, 5.74) is 1.89. The van der Waals surface area contributed by atoms with Crippen molar-refractivity contribution in [2.45, 2.75) is 25.8 Å². The number of piperidine rings is 1. The highest BCUT2D eigenvalue weighted by atomic mass is 16.5. The van der Waals surface area contributed by atoms with Crippen molar-refractivity contribution in [3.05, 3.63) is 42.0 Å². The Morgan fingerprint density at radius 1 is 1.46 bits per heavy atom. The molecular weight excluding hydrogens is 306 g/mol. The SMILES string of the molecule is CCOC(=O)c1cnn(C2CCCN(c3ccc(C#N)nc3)C2)c1. The van der Waals surface area contributed by atoms with Crippen LogP contribution in [0.15, 0.2) is 30.7 Å². The van der Waals surface area contributed by atoms with Crippen molar-refractivity contribution in [2.75, 3.05) is 24.6 Å². The summed E-state index contributed by atoms with van der Waals surface area (Å²) in [7, 11) is 0. The number of rotatable bonds is 4. The van der Waals surface area contributed by atoms with Gasteiger partial charge in [-0.25, -0.2) is 9.78 Å². The molecule has 0 radical (unpaired) electrons.